The van der Waals surface area contributed by atoms with Crippen molar-refractivity contribution in [2.75, 3.05) is 45.6 Å². The Balaban J connectivity index is 1.56. The van der Waals surface area contributed by atoms with Gasteiger partial charge in [-0.15, -0.1) is 0 Å². The Labute approximate surface area is 179 Å². The number of nitrogens with one attached hydrogen (secondary N) is 1. The maximum atomic E-state index is 12.7. The first-order chi connectivity index (χ1) is 14.4. The van der Waals surface area contributed by atoms with Gasteiger partial charge in [0.2, 0.25) is 0 Å². The quantitative estimate of drug-likeness (QED) is 0.531. The molecule has 0 spiro atoms. The molecule has 2 aliphatic heterocycles. The van der Waals surface area contributed by atoms with Gasteiger partial charge in [-0.3, -0.25) is 9.79 Å². The van der Waals surface area contributed by atoms with Crippen molar-refractivity contribution in [3.8, 4) is 0 Å². The van der Waals surface area contributed by atoms with Crippen molar-refractivity contribution >= 4 is 21.7 Å². The van der Waals surface area contributed by atoms with E-state index in [0.29, 0.717) is 50.1 Å². The van der Waals surface area contributed by atoms with Crippen LogP contribution in [0.25, 0.3) is 0 Å². The van der Waals surface area contributed by atoms with E-state index in [1.54, 1.807) is 37.4 Å². The lowest BCUT2D eigenvalue weighted by atomic mass is 10.2. The highest BCUT2D eigenvalue weighted by atomic mass is 32.2. The number of sulfone groups is 1. The molecule has 2 atom stereocenters. The van der Waals surface area contributed by atoms with Crippen LogP contribution in [-0.2, 0) is 19.4 Å². The molecule has 1 amide bonds. The summed E-state index contributed by atoms with van der Waals surface area (Å²) in [6.07, 6.45) is 2.11. The third-order valence-corrected chi connectivity index (χ3v) is 7.49. The molecule has 2 fully saturated rings. The molecule has 166 valence electrons. The fourth-order valence-electron chi connectivity index (χ4n) is 3.85. The fourth-order valence-corrected chi connectivity index (χ4v) is 5.46. The number of carbonyl (C=O) groups excluding carboxylic acids is 1. The van der Waals surface area contributed by atoms with Crippen molar-refractivity contribution in [1.29, 1.82) is 0 Å². The molecule has 1 N–H and O–H groups in total. The molecular weight excluding hydrogens is 404 g/mol. The van der Waals surface area contributed by atoms with Gasteiger partial charge in [0.25, 0.3) is 5.91 Å². The normalized spacial score (nSPS) is 21.5. The number of ether oxygens (including phenoxy) is 1. The van der Waals surface area contributed by atoms with Crippen LogP contribution in [0.2, 0.25) is 0 Å². The van der Waals surface area contributed by atoms with Crippen LogP contribution in [0.1, 0.15) is 26.2 Å². The highest BCUT2D eigenvalue weighted by molar-refractivity contribution is 7.91. The molecular formula is C21H32N4O4S. The summed E-state index contributed by atoms with van der Waals surface area (Å²) in [5, 5.41) is 3.32. The molecule has 8 nitrogen and oxygen atoms in total. The first-order valence-electron chi connectivity index (χ1n) is 10.6. The van der Waals surface area contributed by atoms with Crippen LogP contribution in [0.4, 0.5) is 0 Å². The number of carbonyl (C=O) groups is 1. The molecule has 2 aliphatic rings. The summed E-state index contributed by atoms with van der Waals surface area (Å²) in [4.78, 5) is 21.2. The zero-order valence-corrected chi connectivity index (χ0v) is 18.6. The molecule has 2 heterocycles. The Morgan fingerprint density at radius 1 is 1.20 bits per heavy atom. The number of amides is 1. The van der Waals surface area contributed by atoms with E-state index >= 15 is 0 Å². The number of piperazine rings is 1. The van der Waals surface area contributed by atoms with Gasteiger partial charge < -0.3 is 19.9 Å². The van der Waals surface area contributed by atoms with Crippen molar-refractivity contribution in [1.82, 2.24) is 15.1 Å². The molecule has 1 aromatic carbocycles. The molecule has 2 unspecified atom stereocenters. The first kappa shape index (κ1) is 22.6. The highest BCUT2D eigenvalue weighted by Gasteiger charge is 2.31. The smallest absolute Gasteiger partial charge is 0.251 e. The standard InChI is InChI=1S/C21H32N4O4S/c1-3-17(16-30(27,28)18-8-5-4-6-9-18)23-21(22-2)25-13-11-24(12-14-25)20(26)19-10-7-15-29-19/h4-6,8-9,17,19H,3,7,10-16H2,1-2H3,(H,22,23). The summed E-state index contributed by atoms with van der Waals surface area (Å²) in [6.45, 7) is 5.15. The molecule has 0 radical (unpaired) electrons. The van der Waals surface area contributed by atoms with E-state index in [9.17, 15) is 13.2 Å². The molecule has 2 saturated heterocycles. The van der Waals surface area contributed by atoms with E-state index < -0.39 is 9.84 Å². The monoisotopic (exact) mass is 436 g/mol. The van der Waals surface area contributed by atoms with Crippen LogP contribution in [0.3, 0.4) is 0 Å². The third kappa shape index (κ3) is 5.51. The predicted octanol–water partition coefficient (Wildman–Crippen LogP) is 1.14. The average Bonchev–Trinajstić information content (AvgIpc) is 3.32. The molecule has 1 aromatic rings. The van der Waals surface area contributed by atoms with Gasteiger partial charge in [0.15, 0.2) is 15.8 Å². The number of hydrogen-bond acceptors (Lipinski definition) is 5. The number of rotatable bonds is 6. The van der Waals surface area contributed by atoms with Gasteiger partial charge in [0, 0.05) is 45.9 Å². The van der Waals surface area contributed by atoms with Crippen LogP contribution >= 0.6 is 0 Å². The molecule has 9 heteroatoms. The lowest BCUT2D eigenvalue weighted by Gasteiger charge is -2.38. The third-order valence-electron chi connectivity index (χ3n) is 5.66. The Hall–Kier alpha value is -2.13. The molecule has 0 saturated carbocycles. The SMILES string of the molecule is CCC(CS(=O)(=O)c1ccccc1)NC(=NC)N1CCN(C(=O)C2CCCO2)CC1. The predicted molar refractivity (Wildman–Crippen MR) is 116 cm³/mol. The minimum absolute atomic E-state index is 0.00397. The maximum absolute atomic E-state index is 12.7. The van der Waals surface area contributed by atoms with Crippen molar-refractivity contribution in [3.05, 3.63) is 30.3 Å². The van der Waals surface area contributed by atoms with Crippen molar-refractivity contribution < 1.29 is 17.9 Å². The van der Waals surface area contributed by atoms with Gasteiger partial charge in [0.05, 0.1) is 10.6 Å². The van der Waals surface area contributed by atoms with E-state index in [0.717, 1.165) is 12.8 Å². The van der Waals surface area contributed by atoms with E-state index in [4.69, 9.17) is 4.74 Å². The number of hydrogen-bond donors (Lipinski definition) is 1. The molecule has 0 bridgehead atoms. The second-order valence-corrected chi connectivity index (χ2v) is 9.74. The summed E-state index contributed by atoms with van der Waals surface area (Å²) in [6, 6.07) is 8.28. The van der Waals surface area contributed by atoms with Gasteiger partial charge in [-0.2, -0.15) is 0 Å². The van der Waals surface area contributed by atoms with Crippen LogP contribution in [0.15, 0.2) is 40.2 Å². The van der Waals surface area contributed by atoms with Gasteiger partial charge >= 0.3 is 0 Å². The Morgan fingerprint density at radius 3 is 2.43 bits per heavy atom. The summed E-state index contributed by atoms with van der Waals surface area (Å²) in [7, 11) is -1.69. The topological polar surface area (TPSA) is 91.3 Å². The first-order valence-corrected chi connectivity index (χ1v) is 12.3. The summed E-state index contributed by atoms with van der Waals surface area (Å²) in [5.41, 5.74) is 0. The lowest BCUT2D eigenvalue weighted by molar-refractivity contribution is -0.142. The highest BCUT2D eigenvalue weighted by Crippen LogP contribution is 2.16. The number of benzene rings is 1. The zero-order chi connectivity index (χ0) is 21.6. The second kappa shape index (κ2) is 10.3. The Morgan fingerprint density at radius 2 is 1.87 bits per heavy atom. The summed E-state index contributed by atoms with van der Waals surface area (Å²) < 4.78 is 31.0. The van der Waals surface area contributed by atoms with Crippen molar-refractivity contribution in [2.45, 2.75) is 43.2 Å². The molecule has 0 aromatic heterocycles. The van der Waals surface area contributed by atoms with Gasteiger partial charge in [-0.1, -0.05) is 25.1 Å². The summed E-state index contributed by atoms with van der Waals surface area (Å²) >= 11 is 0. The number of aliphatic imine (C=N–C) groups is 1. The van der Waals surface area contributed by atoms with Crippen LogP contribution in [0, 0.1) is 0 Å². The lowest BCUT2D eigenvalue weighted by Crippen LogP contribution is -2.57. The molecule has 0 aliphatic carbocycles. The van der Waals surface area contributed by atoms with Crippen LogP contribution in [0.5, 0.6) is 0 Å². The fraction of sp³-hybridized carbons (Fsp3) is 0.619. The summed E-state index contributed by atoms with van der Waals surface area (Å²) in [5.74, 6) is 0.758. The van der Waals surface area contributed by atoms with Gasteiger partial charge in [0.1, 0.15) is 6.10 Å². The second-order valence-electron chi connectivity index (χ2n) is 7.71. The van der Waals surface area contributed by atoms with Crippen molar-refractivity contribution in [3.63, 3.8) is 0 Å². The van der Waals surface area contributed by atoms with E-state index in [1.807, 2.05) is 11.8 Å². The average molecular weight is 437 g/mol. The Kier molecular flexibility index (Phi) is 7.71. The van der Waals surface area contributed by atoms with E-state index in [1.165, 1.54) is 0 Å². The van der Waals surface area contributed by atoms with E-state index in [-0.39, 0.29) is 23.8 Å². The number of guanidine groups is 1. The van der Waals surface area contributed by atoms with Gasteiger partial charge in [-0.25, -0.2) is 8.42 Å². The van der Waals surface area contributed by atoms with E-state index in [2.05, 4.69) is 15.2 Å². The minimum Gasteiger partial charge on any atom is -0.368 e. The molecule has 3 rings (SSSR count). The number of nitrogens with zero attached hydrogens (tertiary/aromatic N) is 3. The zero-order valence-electron chi connectivity index (χ0n) is 17.8. The van der Waals surface area contributed by atoms with Gasteiger partial charge in [-0.05, 0) is 31.4 Å². The van der Waals surface area contributed by atoms with Crippen LogP contribution in [-0.4, -0.2) is 87.8 Å². The maximum Gasteiger partial charge on any atom is 0.251 e. The largest absolute Gasteiger partial charge is 0.368 e. The molecule has 30 heavy (non-hydrogen) atoms. The van der Waals surface area contributed by atoms with Crippen molar-refractivity contribution in [2.24, 2.45) is 4.99 Å². The van der Waals surface area contributed by atoms with Crippen LogP contribution < -0.4 is 5.32 Å². The minimum atomic E-state index is -3.39. The Bertz CT molecular complexity index is 830.